The predicted octanol–water partition coefficient (Wildman–Crippen LogP) is -0.663. The van der Waals surface area contributed by atoms with Gasteiger partial charge in [-0.15, -0.1) is 0 Å². The van der Waals surface area contributed by atoms with Crippen LogP contribution in [0, 0.1) is 0 Å². The number of amides is 1. The third-order valence-corrected chi connectivity index (χ3v) is 3.88. The molecule has 0 aliphatic heterocycles. The molecule has 0 aliphatic rings. The molecule has 0 heterocycles. The molecule has 4 N–H and O–H groups in total. The van der Waals surface area contributed by atoms with Gasteiger partial charge in [0, 0.05) is 6.04 Å². The maximum absolute atomic E-state index is 11.2. The van der Waals surface area contributed by atoms with Gasteiger partial charge in [-0.05, 0) is 12.8 Å². The van der Waals surface area contributed by atoms with Crippen LogP contribution in [0.1, 0.15) is 79.0 Å². The molecule has 6 nitrogen and oxygen atoms in total. The molecule has 0 bridgehead atoms. The second kappa shape index (κ2) is 17.3. The molecule has 2 unspecified atom stereocenters. The summed E-state index contributed by atoms with van der Waals surface area (Å²) in [5.41, 5.74) is 0. The SMILES string of the molecule is CCCCCCCCCCC(O)CC(CC(=O)O)NC(=O)CO.[H-].[Li+]. The summed E-state index contributed by atoms with van der Waals surface area (Å²) < 4.78 is 0. The fourth-order valence-electron chi connectivity index (χ4n) is 2.64. The molecule has 0 radical (unpaired) electrons. The van der Waals surface area contributed by atoms with Gasteiger partial charge in [0.05, 0.1) is 12.5 Å². The van der Waals surface area contributed by atoms with E-state index in [-0.39, 0.29) is 33.1 Å². The van der Waals surface area contributed by atoms with Crippen molar-refractivity contribution in [2.45, 2.75) is 89.7 Å². The van der Waals surface area contributed by atoms with Gasteiger partial charge >= 0.3 is 24.8 Å². The average Bonchev–Trinajstić information content (AvgIpc) is 2.49. The van der Waals surface area contributed by atoms with Gasteiger partial charge in [0.1, 0.15) is 6.61 Å². The van der Waals surface area contributed by atoms with E-state index in [1.807, 2.05) is 0 Å². The Balaban J connectivity index is -0.00000242. The van der Waals surface area contributed by atoms with E-state index in [2.05, 4.69) is 12.2 Å². The summed E-state index contributed by atoms with van der Waals surface area (Å²) in [6.45, 7) is 1.52. The summed E-state index contributed by atoms with van der Waals surface area (Å²) in [4.78, 5) is 21.9. The third kappa shape index (κ3) is 16.3. The minimum Gasteiger partial charge on any atom is -1.00 e. The Bertz CT molecular complexity index is 334. The molecule has 24 heavy (non-hydrogen) atoms. The van der Waals surface area contributed by atoms with Crippen LogP contribution in [0.15, 0.2) is 0 Å². The summed E-state index contributed by atoms with van der Waals surface area (Å²) >= 11 is 0. The zero-order chi connectivity index (χ0) is 17.5. The summed E-state index contributed by atoms with van der Waals surface area (Å²) in [5.74, 6) is -1.65. The number of carbonyl (C=O) groups is 2. The van der Waals surface area contributed by atoms with Gasteiger partial charge < -0.3 is 22.1 Å². The fraction of sp³-hybridized carbons (Fsp3) is 0.882. The smallest absolute Gasteiger partial charge is 1.00 e. The maximum atomic E-state index is 11.2. The van der Waals surface area contributed by atoms with Crippen molar-refractivity contribution in [1.29, 1.82) is 0 Å². The quantitative estimate of drug-likeness (QED) is 0.234. The molecule has 0 spiro atoms. The molecule has 0 aromatic carbocycles. The van der Waals surface area contributed by atoms with Crippen LogP contribution in [-0.4, -0.2) is 45.9 Å². The first-order chi connectivity index (χ1) is 11.0. The van der Waals surface area contributed by atoms with Crippen LogP contribution in [0.25, 0.3) is 0 Å². The van der Waals surface area contributed by atoms with E-state index in [0.29, 0.717) is 6.42 Å². The van der Waals surface area contributed by atoms with Gasteiger partial charge in [0.25, 0.3) is 0 Å². The molecule has 7 heteroatoms. The van der Waals surface area contributed by atoms with Gasteiger partial charge in [0.2, 0.25) is 5.91 Å². The molecule has 0 rings (SSSR count). The second-order valence-corrected chi connectivity index (χ2v) is 6.17. The van der Waals surface area contributed by atoms with Crippen LogP contribution < -0.4 is 24.2 Å². The number of rotatable bonds is 15. The molecule has 138 valence electrons. The molecule has 0 saturated heterocycles. The van der Waals surface area contributed by atoms with Crippen molar-refractivity contribution in [1.82, 2.24) is 5.32 Å². The maximum Gasteiger partial charge on any atom is 1.00 e. The van der Waals surface area contributed by atoms with Crippen LogP contribution in [0.5, 0.6) is 0 Å². The van der Waals surface area contributed by atoms with Crippen LogP contribution in [0.2, 0.25) is 0 Å². The number of aliphatic carboxylic acids is 1. The monoisotopic (exact) mass is 339 g/mol. The second-order valence-electron chi connectivity index (χ2n) is 6.17. The van der Waals surface area contributed by atoms with Crippen molar-refractivity contribution in [3.05, 3.63) is 0 Å². The summed E-state index contributed by atoms with van der Waals surface area (Å²) in [5, 5.41) is 29.9. The number of carbonyl (C=O) groups excluding carboxylic acids is 1. The number of carboxylic acids is 1. The van der Waals surface area contributed by atoms with Crippen molar-refractivity contribution in [3.63, 3.8) is 0 Å². The predicted molar refractivity (Wildman–Crippen MR) is 90.2 cm³/mol. The van der Waals surface area contributed by atoms with E-state index in [4.69, 9.17) is 10.2 Å². The number of aliphatic hydroxyl groups excluding tert-OH is 2. The van der Waals surface area contributed by atoms with Crippen LogP contribution in [0.4, 0.5) is 0 Å². The topological polar surface area (TPSA) is 107 Å². The number of hydrogen-bond donors (Lipinski definition) is 4. The Morgan fingerprint density at radius 1 is 1.04 bits per heavy atom. The van der Waals surface area contributed by atoms with Crippen molar-refractivity contribution >= 4 is 11.9 Å². The molecular formula is C17H34LiNO5. The molecule has 0 aromatic rings. The molecule has 0 saturated carbocycles. The fourth-order valence-corrected chi connectivity index (χ4v) is 2.64. The Labute approximate surface area is 159 Å². The Morgan fingerprint density at radius 3 is 2.08 bits per heavy atom. The van der Waals surface area contributed by atoms with Crippen molar-refractivity contribution < 1.29 is 45.2 Å². The van der Waals surface area contributed by atoms with Crippen molar-refractivity contribution in [3.8, 4) is 0 Å². The molecule has 0 fully saturated rings. The number of carboxylic acid groups (broad SMARTS) is 1. The number of unbranched alkanes of at least 4 members (excludes halogenated alkanes) is 7. The molecular weight excluding hydrogens is 305 g/mol. The van der Waals surface area contributed by atoms with Gasteiger partial charge in [-0.3, -0.25) is 9.59 Å². The molecule has 0 aliphatic carbocycles. The minimum absolute atomic E-state index is 0. The molecule has 0 aromatic heterocycles. The van der Waals surface area contributed by atoms with E-state index in [0.717, 1.165) is 19.3 Å². The van der Waals surface area contributed by atoms with Gasteiger partial charge in [-0.2, -0.15) is 0 Å². The van der Waals surface area contributed by atoms with E-state index in [1.165, 1.54) is 32.1 Å². The van der Waals surface area contributed by atoms with Crippen molar-refractivity contribution in [2.24, 2.45) is 0 Å². The first kappa shape index (κ1) is 25.7. The van der Waals surface area contributed by atoms with Crippen LogP contribution in [0.3, 0.4) is 0 Å². The van der Waals surface area contributed by atoms with Crippen LogP contribution in [-0.2, 0) is 9.59 Å². The van der Waals surface area contributed by atoms with Crippen LogP contribution >= 0.6 is 0 Å². The Morgan fingerprint density at radius 2 is 1.58 bits per heavy atom. The average molecular weight is 339 g/mol. The first-order valence-corrected chi connectivity index (χ1v) is 8.79. The van der Waals surface area contributed by atoms with E-state index < -0.39 is 30.6 Å². The number of aliphatic hydroxyl groups is 2. The zero-order valence-electron chi connectivity index (χ0n) is 16.3. The van der Waals surface area contributed by atoms with Crippen molar-refractivity contribution in [2.75, 3.05) is 6.61 Å². The largest absolute Gasteiger partial charge is 1.00 e. The van der Waals surface area contributed by atoms with E-state index in [1.54, 1.807) is 0 Å². The summed E-state index contributed by atoms with van der Waals surface area (Å²) in [7, 11) is 0. The molecule has 1 amide bonds. The third-order valence-electron chi connectivity index (χ3n) is 3.88. The normalized spacial score (nSPS) is 13.0. The standard InChI is InChI=1S/C17H33NO5.Li.H/c1-2-3-4-5-6-7-8-9-10-15(20)11-14(12-17(22)23)18-16(21)13-19;;/h14-15,19-20H,2-13H2,1H3,(H,18,21)(H,22,23);;/q;+1;-1. The first-order valence-electron chi connectivity index (χ1n) is 8.79. The van der Waals surface area contributed by atoms with E-state index in [9.17, 15) is 14.7 Å². The number of hydrogen-bond acceptors (Lipinski definition) is 4. The van der Waals surface area contributed by atoms with Gasteiger partial charge in [-0.25, -0.2) is 0 Å². The summed E-state index contributed by atoms with van der Waals surface area (Å²) in [6, 6.07) is -0.642. The number of nitrogens with one attached hydrogen (secondary N) is 1. The minimum atomic E-state index is -1.03. The molecule has 2 atom stereocenters. The zero-order valence-corrected chi connectivity index (χ0v) is 15.3. The summed E-state index contributed by atoms with van der Waals surface area (Å²) in [6.07, 6.45) is 9.40. The Kier molecular flexibility index (Phi) is 18.5. The van der Waals surface area contributed by atoms with E-state index >= 15 is 0 Å². The van der Waals surface area contributed by atoms with Gasteiger partial charge in [-0.1, -0.05) is 58.3 Å². The van der Waals surface area contributed by atoms with Gasteiger partial charge in [0.15, 0.2) is 0 Å². The Hall–Kier alpha value is -0.543.